The molecular formula is C57H51N5O5. The fraction of sp³-hybridized carbons (Fsp3) is 0.193. The molecule has 0 saturated carbocycles. The van der Waals surface area contributed by atoms with Crippen molar-refractivity contribution in [3.8, 4) is 63.1 Å². The van der Waals surface area contributed by atoms with Crippen molar-refractivity contribution in [3.05, 3.63) is 186 Å². The van der Waals surface area contributed by atoms with E-state index >= 15 is 0 Å². The maximum Gasteiger partial charge on any atom is 0.248 e. The van der Waals surface area contributed by atoms with Crippen LogP contribution in [0.2, 0.25) is 0 Å². The molecule has 0 saturated heterocycles. The highest BCUT2D eigenvalue weighted by Crippen LogP contribution is 2.33. The zero-order chi connectivity index (χ0) is 46.1. The first-order valence-corrected chi connectivity index (χ1v) is 22.5. The van der Waals surface area contributed by atoms with Crippen LogP contribution in [-0.2, 0) is 30.7 Å². The Balaban J connectivity index is 0.826. The highest BCUT2D eigenvalue weighted by atomic mass is 16.5. The normalized spacial score (nSPS) is 11.9. The second-order valence-electron chi connectivity index (χ2n) is 18.9. The van der Waals surface area contributed by atoms with Crippen LogP contribution in [0.1, 0.15) is 69.4 Å². The minimum Gasteiger partial charge on any atom is -0.489 e. The van der Waals surface area contributed by atoms with Crippen LogP contribution in [0.5, 0.6) is 17.2 Å². The highest BCUT2D eigenvalue weighted by Gasteiger charge is 2.18. The van der Waals surface area contributed by atoms with Gasteiger partial charge in [-0.1, -0.05) is 108 Å². The Labute approximate surface area is 389 Å². The summed E-state index contributed by atoms with van der Waals surface area (Å²) in [5.74, 6) is 3.94. The number of rotatable bonds is 13. The van der Waals surface area contributed by atoms with Gasteiger partial charge in [-0.3, -0.25) is 0 Å². The average Bonchev–Trinajstić information content (AvgIpc) is 4.12. The number of aromatic amines is 1. The lowest BCUT2D eigenvalue weighted by Gasteiger charge is -2.18. The Kier molecular flexibility index (Phi) is 11.4. The molecule has 334 valence electrons. The summed E-state index contributed by atoms with van der Waals surface area (Å²) in [6.07, 6.45) is 0. The van der Waals surface area contributed by atoms with E-state index < -0.39 is 0 Å². The number of benzene rings is 7. The molecule has 0 atom stereocenters. The topological polar surface area (TPSA) is 121 Å². The maximum absolute atomic E-state index is 6.41. The number of H-pyrrole nitrogens is 1. The van der Waals surface area contributed by atoms with Crippen LogP contribution in [0.3, 0.4) is 0 Å². The highest BCUT2D eigenvalue weighted by molar-refractivity contribution is 6.07. The van der Waals surface area contributed by atoms with Crippen molar-refractivity contribution in [1.29, 1.82) is 0 Å². The van der Waals surface area contributed by atoms with Gasteiger partial charge in [0.25, 0.3) is 0 Å². The van der Waals surface area contributed by atoms with Gasteiger partial charge in [-0.05, 0) is 118 Å². The summed E-state index contributed by atoms with van der Waals surface area (Å²) < 4.78 is 31.4. The van der Waals surface area contributed by atoms with Crippen LogP contribution in [-0.4, -0.2) is 25.4 Å². The summed E-state index contributed by atoms with van der Waals surface area (Å²) in [4.78, 5) is 3.51. The van der Waals surface area contributed by atoms with E-state index in [0.29, 0.717) is 54.9 Å². The van der Waals surface area contributed by atoms with Crippen molar-refractivity contribution in [2.45, 2.75) is 72.2 Å². The zero-order valence-corrected chi connectivity index (χ0v) is 38.5. The number of nitrogens with one attached hydrogen (secondary N) is 1. The molecule has 0 aliphatic carbocycles. The van der Waals surface area contributed by atoms with Gasteiger partial charge >= 0.3 is 0 Å². The lowest BCUT2D eigenvalue weighted by Crippen LogP contribution is -2.10. The van der Waals surface area contributed by atoms with Gasteiger partial charge in [-0.2, -0.15) is 0 Å². The molecule has 0 bridgehead atoms. The molecule has 0 aliphatic heterocycles. The molecular weight excluding hydrogens is 835 g/mol. The molecule has 10 nitrogen and oxygen atoms in total. The molecule has 10 rings (SSSR count). The second-order valence-corrected chi connectivity index (χ2v) is 18.9. The van der Waals surface area contributed by atoms with Gasteiger partial charge in [0.05, 0.1) is 5.52 Å². The van der Waals surface area contributed by atoms with Crippen LogP contribution < -0.4 is 14.2 Å². The monoisotopic (exact) mass is 885 g/mol. The van der Waals surface area contributed by atoms with Gasteiger partial charge in [0.15, 0.2) is 0 Å². The fourth-order valence-corrected chi connectivity index (χ4v) is 7.93. The molecule has 1 N–H and O–H groups in total. The molecule has 3 aromatic heterocycles. The summed E-state index contributed by atoms with van der Waals surface area (Å²) in [6, 6.07) is 52.8. The lowest BCUT2D eigenvalue weighted by molar-refractivity contribution is 0.282. The summed E-state index contributed by atoms with van der Waals surface area (Å²) >= 11 is 0. The number of para-hydroxylation sites is 1. The van der Waals surface area contributed by atoms with E-state index in [0.717, 1.165) is 61.1 Å². The Morgan fingerprint density at radius 3 is 1.25 bits per heavy atom. The number of fused-ring (bicyclic) bond motifs is 3. The van der Waals surface area contributed by atoms with E-state index in [1.54, 1.807) is 0 Å². The standard InChI is InChI=1S/C57H51N5O5/c1-56(2,3)43-23-19-41(20-24-43)54-61-59-52(66-54)39-15-11-36(12-16-39)33-64-46-29-38(35-63-45-27-28-49-48-9-7-8-10-50(48)58-51(49)32-45)30-47(31-46)65-34-37-13-17-40(18-14-37)53-60-62-55(67-53)42-21-25-44(26-22-42)57(4,5)6/h7-32,58H,33-35H2,1-6H3. The van der Waals surface area contributed by atoms with Crippen molar-refractivity contribution >= 4 is 21.8 Å². The first-order valence-electron chi connectivity index (χ1n) is 22.5. The smallest absolute Gasteiger partial charge is 0.248 e. The lowest BCUT2D eigenvalue weighted by atomic mass is 9.87. The van der Waals surface area contributed by atoms with Gasteiger partial charge < -0.3 is 28.0 Å². The Hall–Kier alpha value is -7.98. The zero-order valence-electron chi connectivity index (χ0n) is 38.5. The Morgan fingerprint density at radius 1 is 0.388 bits per heavy atom. The number of ether oxygens (including phenoxy) is 3. The predicted octanol–water partition coefficient (Wildman–Crippen LogP) is 14.1. The summed E-state index contributed by atoms with van der Waals surface area (Å²) in [5, 5.41) is 19.6. The molecule has 0 aliphatic rings. The molecule has 0 spiro atoms. The SMILES string of the molecule is CC(C)(C)c1ccc(-c2nnc(-c3ccc(COc4cc(COc5ccc6c(c5)[nH]c5ccccc56)cc(OCc5ccc(-c6nnc(-c7ccc(C(C)(C)C)cc7)o6)cc5)c4)cc3)o2)cc1. The number of nitrogens with zero attached hydrogens (tertiary/aromatic N) is 4. The van der Waals surface area contributed by atoms with Crippen molar-refractivity contribution in [3.63, 3.8) is 0 Å². The van der Waals surface area contributed by atoms with Crippen molar-refractivity contribution in [1.82, 2.24) is 25.4 Å². The third kappa shape index (κ3) is 9.70. The van der Waals surface area contributed by atoms with E-state index in [1.807, 2.05) is 109 Å². The van der Waals surface area contributed by atoms with Crippen molar-refractivity contribution < 1.29 is 23.0 Å². The molecule has 10 aromatic rings. The van der Waals surface area contributed by atoms with Crippen LogP contribution in [0, 0.1) is 0 Å². The van der Waals surface area contributed by atoms with Crippen molar-refractivity contribution in [2.75, 3.05) is 0 Å². The predicted molar refractivity (Wildman–Crippen MR) is 263 cm³/mol. The largest absolute Gasteiger partial charge is 0.489 e. The van der Waals surface area contributed by atoms with E-state index in [9.17, 15) is 0 Å². The van der Waals surface area contributed by atoms with Crippen molar-refractivity contribution in [2.24, 2.45) is 0 Å². The van der Waals surface area contributed by atoms with E-state index in [2.05, 4.69) is 115 Å². The van der Waals surface area contributed by atoms with Gasteiger partial charge in [0.1, 0.15) is 37.1 Å². The second kappa shape index (κ2) is 17.8. The van der Waals surface area contributed by atoms with Crippen LogP contribution in [0.25, 0.3) is 67.6 Å². The molecule has 3 heterocycles. The van der Waals surface area contributed by atoms with E-state index in [-0.39, 0.29) is 10.8 Å². The summed E-state index contributed by atoms with van der Waals surface area (Å²) in [5.41, 5.74) is 11.0. The third-order valence-corrected chi connectivity index (χ3v) is 11.9. The quantitative estimate of drug-likeness (QED) is 0.121. The molecule has 0 radical (unpaired) electrons. The maximum atomic E-state index is 6.41. The molecule has 10 heteroatoms. The molecule has 0 fully saturated rings. The summed E-state index contributed by atoms with van der Waals surface area (Å²) in [7, 11) is 0. The molecule has 0 amide bonds. The molecule has 67 heavy (non-hydrogen) atoms. The van der Waals surface area contributed by atoms with Gasteiger partial charge in [-0.15, -0.1) is 20.4 Å². The van der Waals surface area contributed by atoms with E-state index in [1.165, 1.54) is 16.5 Å². The van der Waals surface area contributed by atoms with Crippen LogP contribution in [0.15, 0.2) is 167 Å². The first kappa shape index (κ1) is 42.9. The first-order chi connectivity index (χ1) is 32.4. The minimum atomic E-state index is 0.0616. The van der Waals surface area contributed by atoms with Gasteiger partial charge in [0.2, 0.25) is 23.6 Å². The average molecular weight is 886 g/mol. The van der Waals surface area contributed by atoms with Crippen LogP contribution in [0.4, 0.5) is 0 Å². The number of hydrogen-bond acceptors (Lipinski definition) is 9. The molecule has 7 aromatic carbocycles. The number of hydrogen-bond donors (Lipinski definition) is 1. The third-order valence-electron chi connectivity index (χ3n) is 11.9. The Bertz CT molecular complexity index is 3140. The minimum absolute atomic E-state index is 0.0616. The van der Waals surface area contributed by atoms with Gasteiger partial charge in [0, 0.05) is 50.7 Å². The molecule has 0 unspecified atom stereocenters. The van der Waals surface area contributed by atoms with E-state index in [4.69, 9.17) is 23.0 Å². The number of aromatic nitrogens is 5. The Morgan fingerprint density at radius 2 is 0.791 bits per heavy atom. The van der Waals surface area contributed by atoms with Crippen LogP contribution >= 0.6 is 0 Å². The summed E-state index contributed by atoms with van der Waals surface area (Å²) in [6.45, 7) is 14.1. The van der Waals surface area contributed by atoms with Gasteiger partial charge in [-0.25, -0.2) is 0 Å². The fourth-order valence-electron chi connectivity index (χ4n) is 7.93.